The number of rotatable bonds is 3. The lowest BCUT2D eigenvalue weighted by atomic mass is 9.57. The molecular weight excluding hydrogens is 428 g/mol. The molecule has 176 valence electrons. The molecule has 0 unspecified atom stereocenters. The van der Waals surface area contributed by atoms with E-state index < -0.39 is 58.0 Å². The van der Waals surface area contributed by atoms with Crippen LogP contribution in [0.15, 0.2) is 29.0 Å². The highest BCUT2D eigenvalue weighted by Gasteiger charge is 2.64. The number of likely N-dealkylation sites (N-methyl/N-ethyl adjacent to an activating group) is 1. The minimum Gasteiger partial charge on any atom is -0.508 e. The van der Waals surface area contributed by atoms with Gasteiger partial charge in [0.25, 0.3) is 5.91 Å². The Bertz CT molecular complexity index is 1160. The predicted molar refractivity (Wildman–Crippen MR) is 118 cm³/mol. The summed E-state index contributed by atoms with van der Waals surface area (Å²) in [6.07, 6.45) is 0.384. The third-order valence-corrected chi connectivity index (χ3v) is 7.26. The van der Waals surface area contributed by atoms with Crippen molar-refractivity contribution in [2.24, 2.45) is 17.6 Å². The minimum absolute atomic E-state index is 0.0823. The Balaban J connectivity index is 1.99. The number of nitrogens with two attached hydrogens (primary N) is 1. The molecule has 0 heterocycles. The van der Waals surface area contributed by atoms with Crippen LogP contribution in [0.3, 0.4) is 0 Å². The quantitative estimate of drug-likeness (QED) is 0.422. The molecule has 0 aromatic heterocycles. The maximum atomic E-state index is 13.7. The average Bonchev–Trinajstić information content (AvgIpc) is 2.70. The van der Waals surface area contributed by atoms with E-state index in [-0.39, 0.29) is 29.2 Å². The second-order valence-corrected chi connectivity index (χ2v) is 9.64. The van der Waals surface area contributed by atoms with Crippen molar-refractivity contribution in [2.75, 3.05) is 14.1 Å². The fraction of sp³-hybridized carbons (Fsp3) is 0.458. The van der Waals surface area contributed by atoms with Gasteiger partial charge in [-0.25, -0.2) is 0 Å². The molecule has 9 heteroatoms. The van der Waals surface area contributed by atoms with Crippen LogP contribution in [0.4, 0.5) is 0 Å². The van der Waals surface area contributed by atoms with Gasteiger partial charge in [0.2, 0.25) is 5.78 Å². The monoisotopic (exact) mass is 456 g/mol. The molecule has 3 aliphatic rings. The summed E-state index contributed by atoms with van der Waals surface area (Å²) in [6, 6.07) is 2.13. The summed E-state index contributed by atoms with van der Waals surface area (Å²) in [5.41, 5.74) is 3.47. The number of fused-ring (bicyclic) bond motifs is 3. The number of phenols is 1. The molecule has 4 atom stereocenters. The summed E-state index contributed by atoms with van der Waals surface area (Å²) in [5.74, 6) is -6.33. The van der Waals surface area contributed by atoms with Crippen molar-refractivity contribution >= 4 is 23.2 Å². The van der Waals surface area contributed by atoms with Gasteiger partial charge in [-0.15, -0.1) is 0 Å². The van der Waals surface area contributed by atoms with Crippen LogP contribution >= 0.6 is 0 Å². The molecule has 1 saturated carbocycles. The van der Waals surface area contributed by atoms with Crippen LogP contribution < -0.4 is 5.73 Å². The van der Waals surface area contributed by atoms with E-state index in [1.807, 2.05) is 13.8 Å². The molecule has 0 radical (unpaired) electrons. The number of hydrogen-bond acceptors (Lipinski definition) is 8. The predicted octanol–water partition coefficient (Wildman–Crippen LogP) is 1.09. The molecule has 0 aliphatic heterocycles. The van der Waals surface area contributed by atoms with Crippen LogP contribution in [0.25, 0.3) is 5.76 Å². The number of nitrogens with zero attached hydrogens (tertiary/aromatic N) is 1. The maximum absolute atomic E-state index is 13.7. The molecule has 6 N–H and O–H groups in total. The summed E-state index contributed by atoms with van der Waals surface area (Å²) >= 11 is 0. The van der Waals surface area contributed by atoms with E-state index in [0.717, 1.165) is 5.56 Å². The Kier molecular flexibility index (Phi) is 5.18. The van der Waals surface area contributed by atoms with Gasteiger partial charge in [-0.1, -0.05) is 19.9 Å². The number of carbonyl (C=O) groups excluding carboxylic acids is 3. The highest BCUT2D eigenvalue weighted by Crippen LogP contribution is 2.53. The summed E-state index contributed by atoms with van der Waals surface area (Å²) in [7, 11) is 3.14. The van der Waals surface area contributed by atoms with Gasteiger partial charge < -0.3 is 26.2 Å². The van der Waals surface area contributed by atoms with Gasteiger partial charge >= 0.3 is 0 Å². The van der Waals surface area contributed by atoms with Gasteiger partial charge in [0.05, 0.1) is 11.6 Å². The van der Waals surface area contributed by atoms with E-state index in [1.54, 1.807) is 20.2 Å². The Hall–Kier alpha value is -3.17. The molecule has 33 heavy (non-hydrogen) atoms. The molecule has 4 rings (SSSR count). The van der Waals surface area contributed by atoms with Crippen LogP contribution in [-0.4, -0.2) is 68.5 Å². The number of phenolic OH excluding ortho intramolecular Hbond substituents is 1. The summed E-state index contributed by atoms with van der Waals surface area (Å²) < 4.78 is 0. The van der Waals surface area contributed by atoms with E-state index in [4.69, 9.17) is 5.73 Å². The largest absolute Gasteiger partial charge is 0.508 e. The number of hydrogen-bond donors (Lipinski definition) is 5. The molecular formula is C24H28N2O7. The van der Waals surface area contributed by atoms with E-state index >= 15 is 0 Å². The van der Waals surface area contributed by atoms with Gasteiger partial charge in [0.1, 0.15) is 22.8 Å². The molecule has 1 fully saturated rings. The standard InChI is InChI=1S/C24H28N2O7/c1-9(2)11-5-6-14(27)16-12(11)7-10-8-13-18(26(3)4)20(29)17(23(25)32)22(31)24(13,33)21(30)15(10)19(16)28/h5-6,9-10,13,18,27-28,31,33H,7-8H2,1-4H3,(H2,25,32)/t10-,13-,18-,24-/m0/s1. The van der Waals surface area contributed by atoms with Crippen LogP contribution in [0, 0.1) is 11.8 Å². The highest BCUT2D eigenvalue weighted by molar-refractivity contribution is 6.24. The maximum Gasteiger partial charge on any atom is 0.255 e. The van der Waals surface area contributed by atoms with Crippen molar-refractivity contribution in [1.29, 1.82) is 0 Å². The normalized spacial score (nSPS) is 29.4. The van der Waals surface area contributed by atoms with Gasteiger partial charge in [-0.2, -0.15) is 0 Å². The number of amides is 1. The van der Waals surface area contributed by atoms with Crippen LogP contribution in [-0.2, 0) is 20.8 Å². The Morgan fingerprint density at radius 2 is 1.82 bits per heavy atom. The zero-order valence-corrected chi connectivity index (χ0v) is 18.9. The number of primary amides is 1. The van der Waals surface area contributed by atoms with Crippen molar-refractivity contribution in [3.63, 3.8) is 0 Å². The molecule has 0 bridgehead atoms. The SMILES string of the molecule is CC(C)c1ccc(O)c2c1C[C@H]1C[C@H]3[C@H](N(C)C)C(=O)C(C(N)=O)=C(O)[C@@]3(O)C(=O)C1=C2O. The first-order valence-corrected chi connectivity index (χ1v) is 10.8. The fourth-order valence-corrected chi connectivity index (χ4v) is 5.81. The second-order valence-electron chi connectivity index (χ2n) is 9.64. The van der Waals surface area contributed by atoms with Crippen LogP contribution in [0.1, 0.15) is 42.9 Å². The van der Waals surface area contributed by atoms with Gasteiger partial charge in [0, 0.05) is 11.5 Å². The smallest absolute Gasteiger partial charge is 0.255 e. The Morgan fingerprint density at radius 1 is 1.18 bits per heavy atom. The van der Waals surface area contributed by atoms with E-state index in [1.165, 1.54) is 11.0 Å². The summed E-state index contributed by atoms with van der Waals surface area (Å²) in [6.45, 7) is 3.95. The van der Waals surface area contributed by atoms with Crippen molar-refractivity contribution in [2.45, 2.75) is 44.2 Å². The number of Topliss-reactive ketones (excluding diaryl/α,β-unsaturated/α-hetero) is 2. The first kappa shape index (κ1) is 23.0. The minimum atomic E-state index is -2.62. The number of benzene rings is 1. The second kappa shape index (κ2) is 7.43. The number of carbonyl (C=O) groups is 3. The zero-order chi connectivity index (χ0) is 24.6. The molecule has 1 amide bonds. The topological polar surface area (TPSA) is 161 Å². The first-order chi connectivity index (χ1) is 15.3. The lowest BCUT2D eigenvalue weighted by molar-refractivity contribution is -0.153. The van der Waals surface area contributed by atoms with Crippen molar-refractivity contribution in [1.82, 2.24) is 4.90 Å². The molecule has 1 aromatic rings. The van der Waals surface area contributed by atoms with Crippen molar-refractivity contribution in [3.05, 3.63) is 45.7 Å². The average molecular weight is 456 g/mol. The lowest BCUT2D eigenvalue weighted by Gasteiger charge is -2.50. The summed E-state index contributed by atoms with van der Waals surface area (Å²) in [4.78, 5) is 40.2. The van der Waals surface area contributed by atoms with Crippen molar-refractivity contribution < 1.29 is 34.8 Å². The number of aromatic hydroxyl groups is 1. The van der Waals surface area contributed by atoms with Crippen LogP contribution in [0.2, 0.25) is 0 Å². The molecule has 0 spiro atoms. The Labute approximate surface area is 190 Å². The third kappa shape index (κ3) is 2.95. The Morgan fingerprint density at radius 3 is 2.36 bits per heavy atom. The molecule has 0 saturated heterocycles. The van der Waals surface area contributed by atoms with E-state index in [9.17, 15) is 34.8 Å². The van der Waals surface area contributed by atoms with E-state index in [0.29, 0.717) is 12.0 Å². The highest BCUT2D eigenvalue weighted by atomic mass is 16.3. The zero-order valence-electron chi connectivity index (χ0n) is 18.9. The number of aliphatic hydroxyl groups is 3. The van der Waals surface area contributed by atoms with Gasteiger partial charge in [0.15, 0.2) is 11.4 Å². The van der Waals surface area contributed by atoms with Gasteiger partial charge in [-0.3, -0.25) is 19.3 Å². The number of ketones is 2. The van der Waals surface area contributed by atoms with Crippen molar-refractivity contribution in [3.8, 4) is 5.75 Å². The molecule has 1 aromatic carbocycles. The van der Waals surface area contributed by atoms with Crippen LogP contribution in [0.5, 0.6) is 5.75 Å². The molecule has 9 nitrogen and oxygen atoms in total. The fourth-order valence-electron chi connectivity index (χ4n) is 5.81. The van der Waals surface area contributed by atoms with Gasteiger partial charge in [-0.05, 0) is 56.0 Å². The summed E-state index contributed by atoms with van der Waals surface area (Å²) in [5, 5.41) is 44.0. The lowest BCUT2D eigenvalue weighted by Crippen LogP contribution is -2.65. The molecule has 3 aliphatic carbocycles. The first-order valence-electron chi connectivity index (χ1n) is 10.8. The van der Waals surface area contributed by atoms with E-state index in [2.05, 4.69) is 0 Å². The third-order valence-electron chi connectivity index (χ3n) is 7.26. The number of aliphatic hydroxyl groups excluding tert-OH is 2.